The fraction of sp³-hybridized carbons (Fsp3) is 0. The molecule has 0 radical (unpaired) electrons. The zero-order valence-corrected chi connectivity index (χ0v) is 15.9. The number of benzene rings is 3. The van der Waals surface area contributed by atoms with Crippen LogP contribution < -0.4 is 15.8 Å². The highest BCUT2D eigenvalue weighted by Crippen LogP contribution is 2.30. The Morgan fingerprint density at radius 2 is 1.71 bits per heavy atom. The first-order valence-corrected chi connectivity index (χ1v) is 9.14. The highest BCUT2D eigenvalue weighted by Gasteiger charge is 2.10. The lowest BCUT2D eigenvalue weighted by atomic mass is 10.1. The molecule has 4 N–H and O–H groups in total. The van der Waals surface area contributed by atoms with Crippen molar-refractivity contribution in [3.05, 3.63) is 96.1 Å². The summed E-state index contributed by atoms with van der Waals surface area (Å²) in [6.07, 6.45) is 1.34. The number of nitrogens with two attached hydrogens (primary N) is 1. The zero-order valence-electron chi connectivity index (χ0n) is 15.9. The number of aromatic nitrogens is 1. The molecule has 4 rings (SSSR count). The van der Waals surface area contributed by atoms with Crippen molar-refractivity contribution in [2.45, 2.75) is 0 Å². The standard InChI is InChI=1S/C23H16F3N3O2/c24-13-3-1-4-15(9-13)31-22-6-2-5-20-16(22)7-8-21(29-20)19(27)12-28-14-10-17(25)23(30)18(26)11-14/h1-12,28,30H,27H2/b19-12-. The minimum atomic E-state index is -1.09. The minimum Gasteiger partial charge on any atom is -0.503 e. The van der Waals surface area contributed by atoms with Crippen LogP contribution >= 0.6 is 0 Å². The normalized spacial score (nSPS) is 11.5. The fourth-order valence-electron chi connectivity index (χ4n) is 2.92. The van der Waals surface area contributed by atoms with Crippen molar-refractivity contribution < 1.29 is 23.0 Å². The Morgan fingerprint density at radius 1 is 0.968 bits per heavy atom. The van der Waals surface area contributed by atoms with Gasteiger partial charge in [0.2, 0.25) is 0 Å². The van der Waals surface area contributed by atoms with Gasteiger partial charge in [-0.05, 0) is 36.4 Å². The first-order chi connectivity index (χ1) is 14.9. The number of ether oxygens (including phenoxy) is 1. The predicted molar refractivity (Wildman–Crippen MR) is 112 cm³/mol. The monoisotopic (exact) mass is 423 g/mol. The van der Waals surface area contributed by atoms with Crippen LogP contribution in [0.15, 0.2) is 72.9 Å². The van der Waals surface area contributed by atoms with Crippen LogP contribution in [0.3, 0.4) is 0 Å². The van der Waals surface area contributed by atoms with Gasteiger partial charge in [0.05, 0.1) is 16.9 Å². The Morgan fingerprint density at radius 3 is 2.45 bits per heavy atom. The Hall–Kier alpha value is -4.20. The molecule has 0 saturated carbocycles. The highest BCUT2D eigenvalue weighted by atomic mass is 19.1. The molecule has 0 amide bonds. The molecule has 0 atom stereocenters. The summed E-state index contributed by atoms with van der Waals surface area (Å²) in [5.41, 5.74) is 7.34. The van der Waals surface area contributed by atoms with Gasteiger partial charge in [0, 0.05) is 35.5 Å². The summed E-state index contributed by atoms with van der Waals surface area (Å²) >= 11 is 0. The smallest absolute Gasteiger partial charge is 0.187 e. The molecule has 0 spiro atoms. The molecule has 0 unspecified atom stereocenters. The number of hydrogen-bond acceptors (Lipinski definition) is 5. The van der Waals surface area contributed by atoms with E-state index in [0.29, 0.717) is 28.1 Å². The van der Waals surface area contributed by atoms with Gasteiger partial charge in [-0.25, -0.2) is 18.2 Å². The number of nitrogens with zero attached hydrogens (tertiary/aromatic N) is 1. The number of nitrogens with one attached hydrogen (secondary N) is 1. The van der Waals surface area contributed by atoms with Gasteiger partial charge in [-0.1, -0.05) is 12.1 Å². The zero-order chi connectivity index (χ0) is 22.0. The Bertz CT molecular complexity index is 1290. The third-order valence-corrected chi connectivity index (χ3v) is 4.42. The second-order valence-electron chi connectivity index (χ2n) is 6.61. The maximum atomic E-state index is 13.5. The number of halogens is 3. The lowest BCUT2D eigenvalue weighted by Crippen LogP contribution is -2.03. The molecule has 0 aliphatic carbocycles. The van der Waals surface area contributed by atoms with Gasteiger partial charge in [-0.3, -0.25) is 0 Å². The lowest BCUT2D eigenvalue weighted by molar-refractivity contribution is 0.396. The van der Waals surface area contributed by atoms with Gasteiger partial charge in [-0.2, -0.15) is 0 Å². The molecule has 0 aliphatic rings. The number of hydrogen-bond donors (Lipinski definition) is 3. The van der Waals surface area contributed by atoms with E-state index in [1.807, 2.05) is 0 Å². The van der Waals surface area contributed by atoms with Crippen molar-refractivity contribution in [3.8, 4) is 17.2 Å². The molecule has 1 aromatic heterocycles. The van der Waals surface area contributed by atoms with Crippen LogP contribution in [0, 0.1) is 17.5 Å². The largest absolute Gasteiger partial charge is 0.503 e. The summed E-state index contributed by atoms with van der Waals surface area (Å²) in [6, 6.07) is 16.3. The topological polar surface area (TPSA) is 80.4 Å². The summed E-state index contributed by atoms with van der Waals surface area (Å²) < 4.78 is 46.1. The van der Waals surface area contributed by atoms with E-state index >= 15 is 0 Å². The van der Waals surface area contributed by atoms with Crippen molar-refractivity contribution in [3.63, 3.8) is 0 Å². The predicted octanol–water partition coefficient (Wildman–Crippen LogP) is 5.52. The van der Waals surface area contributed by atoms with E-state index < -0.39 is 23.2 Å². The molecular formula is C23H16F3N3O2. The van der Waals surface area contributed by atoms with Crippen molar-refractivity contribution in [1.82, 2.24) is 4.98 Å². The quantitative estimate of drug-likeness (QED) is 0.369. The van der Waals surface area contributed by atoms with E-state index in [4.69, 9.17) is 15.6 Å². The van der Waals surface area contributed by atoms with E-state index in [0.717, 1.165) is 12.1 Å². The van der Waals surface area contributed by atoms with Gasteiger partial charge >= 0.3 is 0 Å². The second-order valence-corrected chi connectivity index (χ2v) is 6.61. The fourth-order valence-corrected chi connectivity index (χ4v) is 2.92. The summed E-state index contributed by atoms with van der Waals surface area (Å²) in [4.78, 5) is 4.48. The first kappa shape index (κ1) is 20.1. The van der Waals surface area contributed by atoms with Crippen LogP contribution in [0.4, 0.5) is 18.9 Å². The van der Waals surface area contributed by atoms with Crippen LogP contribution in [0.25, 0.3) is 16.6 Å². The number of aromatic hydroxyl groups is 1. The summed E-state index contributed by atoms with van der Waals surface area (Å²) in [7, 11) is 0. The lowest BCUT2D eigenvalue weighted by Gasteiger charge is -2.10. The molecule has 5 nitrogen and oxygen atoms in total. The molecule has 31 heavy (non-hydrogen) atoms. The number of phenols is 1. The van der Waals surface area contributed by atoms with E-state index in [2.05, 4.69) is 10.3 Å². The van der Waals surface area contributed by atoms with Crippen molar-refractivity contribution in [2.24, 2.45) is 5.73 Å². The van der Waals surface area contributed by atoms with E-state index in [9.17, 15) is 13.2 Å². The number of phenolic OH excluding ortho intramolecular Hbond substituents is 1. The van der Waals surface area contributed by atoms with Crippen molar-refractivity contribution in [2.75, 3.05) is 5.32 Å². The molecule has 1 heterocycles. The molecule has 8 heteroatoms. The van der Waals surface area contributed by atoms with Gasteiger partial charge in [0.25, 0.3) is 0 Å². The van der Waals surface area contributed by atoms with Gasteiger partial charge in [0.1, 0.15) is 17.3 Å². The second kappa shape index (κ2) is 8.27. The molecular weight excluding hydrogens is 407 g/mol. The van der Waals surface area contributed by atoms with Gasteiger partial charge < -0.3 is 20.9 Å². The van der Waals surface area contributed by atoms with Crippen LogP contribution in [-0.2, 0) is 0 Å². The number of rotatable bonds is 5. The maximum Gasteiger partial charge on any atom is 0.187 e. The number of anilines is 1. The number of fused-ring (bicyclic) bond motifs is 1. The van der Waals surface area contributed by atoms with Crippen LogP contribution in [0.1, 0.15) is 5.69 Å². The molecule has 0 fully saturated rings. The number of pyridine rings is 1. The van der Waals surface area contributed by atoms with Gasteiger partial charge in [0.15, 0.2) is 17.4 Å². The Labute approximate surface area is 175 Å². The summed E-state index contributed by atoms with van der Waals surface area (Å²) in [5, 5.41) is 12.5. The van der Waals surface area contributed by atoms with E-state index in [-0.39, 0.29) is 11.4 Å². The van der Waals surface area contributed by atoms with Crippen LogP contribution in [-0.4, -0.2) is 10.1 Å². The molecule has 3 aromatic carbocycles. The average molecular weight is 423 g/mol. The third kappa shape index (κ3) is 4.37. The maximum absolute atomic E-state index is 13.5. The molecule has 156 valence electrons. The Balaban J connectivity index is 1.59. The van der Waals surface area contributed by atoms with Crippen LogP contribution in [0.5, 0.6) is 17.2 Å². The SMILES string of the molecule is N/C(=C\Nc1cc(F)c(O)c(F)c1)c1ccc2c(Oc3cccc(F)c3)cccc2n1. The van der Waals surface area contributed by atoms with Gasteiger partial charge in [-0.15, -0.1) is 0 Å². The molecule has 0 saturated heterocycles. The van der Waals surface area contributed by atoms with E-state index in [1.54, 1.807) is 42.5 Å². The first-order valence-electron chi connectivity index (χ1n) is 9.14. The van der Waals surface area contributed by atoms with Crippen LogP contribution in [0.2, 0.25) is 0 Å². The summed E-state index contributed by atoms with van der Waals surface area (Å²) in [5.74, 6) is -2.79. The minimum absolute atomic E-state index is 0.0716. The molecule has 0 aliphatic heterocycles. The average Bonchev–Trinajstić information content (AvgIpc) is 2.75. The van der Waals surface area contributed by atoms with Crippen molar-refractivity contribution >= 4 is 22.3 Å². The highest BCUT2D eigenvalue weighted by molar-refractivity contribution is 5.87. The van der Waals surface area contributed by atoms with Crippen molar-refractivity contribution in [1.29, 1.82) is 0 Å². The summed E-state index contributed by atoms with van der Waals surface area (Å²) in [6.45, 7) is 0. The van der Waals surface area contributed by atoms with E-state index in [1.165, 1.54) is 18.3 Å². The third-order valence-electron chi connectivity index (χ3n) is 4.42. The molecule has 0 bridgehead atoms. The molecule has 4 aromatic rings. The Kier molecular flexibility index (Phi) is 5.36.